The van der Waals surface area contributed by atoms with Gasteiger partial charge in [0.25, 0.3) is 5.91 Å². The van der Waals surface area contributed by atoms with Crippen molar-refractivity contribution in [3.8, 4) is 0 Å². The Morgan fingerprint density at radius 2 is 2.14 bits per heavy atom. The summed E-state index contributed by atoms with van der Waals surface area (Å²) in [5.74, 6) is -0.198. The summed E-state index contributed by atoms with van der Waals surface area (Å²) < 4.78 is 12.6. The summed E-state index contributed by atoms with van der Waals surface area (Å²) in [7, 11) is 1.65. The Balaban J connectivity index is 1.65. The molecule has 0 saturated heterocycles. The average Bonchev–Trinajstić information content (AvgIpc) is 3.28. The van der Waals surface area contributed by atoms with Crippen molar-refractivity contribution in [1.29, 1.82) is 0 Å². The van der Waals surface area contributed by atoms with Crippen molar-refractivity contribution < 1.29 is 18.7 Å². The van der Waals surface area contributed by atoms with Crippen molar-refractivity contribution in [2.24, 2.45) is 0 Å². The van der Waals surface area contributed by atoms with Gasteiger partial charge in [-0.2, -0.15) is 0 Å². The van der Waals surface area contributed by atoms with Gasteiger partial charge in [-0.05, 0) is 26.2 Å². The van der Waals surface area contributed by atoms with E-state index in [-0.39, 0.29) is 17.9 Å². The quantitative estimate of drug-likeness (QED) is 0.773. The molecule has 7 nitrogen and oxygen atoms in total. The van der Waals surface area contributed by atoms with E-state index in [2.05, 4.69) is 5.32 Å². The number of amides is 2. The Kier molecular flexibility index (Phi) is 5.19. The van der Waals surface area contributed by atoms with Crippen LogP contribution in [-0.2, 0) is 16.1 Å². The number of carbonyl (C=O) groups is 2. The summed E-state index contributed by atoms with van der Waals surface area (Å²) in [6, 6.07) is 3.83. The molecule has 28 heavy (non-hydrogen) atoms. The van der Waals surface area contributed by atoms with Gasteiger partial charge in [-0.1, -0.05) is 19.3 Å². The molecule has 152 valence electrons. The van der Waals surface area contributed by atoms with E-state index in [1.165, 1.54) is 6.42 Å². The lowest BCUT2D eigenvalue weighted by atomic mass is 9.91. The Labute approximate surface area is 165 Å². The molecule has 2 aliphatic rings. The van der Waals surface area contributed by atoms with Gasteiger partial charge in [0, 0.05) is 38.4 Å². The van der Waals surface area contributed by atoms with Crippen LogP contribution in [-0.4, -0.2) is 53.1 Å². The summed E-state index contributed by atoms with van der Waals surface area (Å²) in [6.45, 7) is 3.33. The molecule has 4 rings (SSSR count). The van der Waals surface area contributed by atoms with Crippen molar-refractivity contribution in [2.45, 2.75) is 63.6 Å². The average molecular weight is 387 g/mol. The highest BCUT2D eigenvalue weighted by Gasteiger charge is 2.48. The summed E-state index contributed by atoms with van der Waals surface area (Å²) in [4.78, 5) is 28.5. The first kappa shape index (κ1) is 19.1. The second-order valence-electron chi connectivity index (χ2n) is 8.17. The van der Waals surface area contributed by atoms with Gasteiger partial charge in [0.05, 0.1) is 18.3 Å². The first-order chi connectivity index (χ1) is 13.5. The van der Waals surface area contributed by atoms with E-state index in [4.69, 9.17) is 9.15 Å². The number of carbonyl (C=O) groups excluding carboxylic acids is 2. The summed E-state index contributed by atoms with van der Waals surface area (Å²) in [5, 5.41) is 3.23. The predicted molar refractivity (Wildman–Crippen MR) is 105 cm³/mol. The van der Waals surface area contributed by atoms with E-state index in [0.29, 0.717) is 37.4 Å². The SMILES string of the molecule is COCCCN1C(=O)c2cc3occc3n2C[C@]1(C)C(=O)NC1CCCCC1. The van der Waals surface area contributed by atoms with Gasteiger partial charge in [-0.15, -0.1) is 0 Å². The van der Waals surface area contributed by atoms with Crippen LogP contribution in [0.2, 0.25) is 0 Å². The zero-order chi connectivity index (χ0) is 19.7. The zero-order valence-corrected chi connectivity index (χ0v) is 16.7. The number of ether oxygens (including phenoxy) is 1. The molecule has 0 radical (unpaired) electrons. The summed E-state index contributed by atoms with van der Waals surface area (Å²) >= 11 is 0. The molecular weight excluding hydrogens is 358 g/mol. The zero-order valence-electron chi connectivity index (χ0n) is 16.7. The fraction of sp³-hybridized carbons (Fsp3) is 0.619. The second-order valence-corrected chi connectivity index (χ2v) is 8.17. The fourth-order valence-corrected chi connectivity index (χ4v) is 4.58. The van der Waals surface area contributed by atoms with Gasteiger partial charge in [-0.25, -0.2) is 0 Å². The van der Waals surface area contributed by atoms with Crippen molar-refractivity contribution in [2.75, 3.05) is 20.3 Å². The molecule has 0 spiro atoms. The molecule has 2 aromatic heterocycles. The van der Waals surface area contributed by atoms with E-state index in [1.807, 2.05) is 17.6 Å². The van der Waals surface area contributed by atoms with Gasteiger partial charge in [-0.3, -0.25) is 9.59 Å². The Morgan fingerprint density at radius 3 is 2.89 bits per heavy atom. The molecule has 1 aliphatic carbocycles. The minimum absolute atomic E-state index is 0.0684. The highest BCUT2D eigenvalue weighted by atomic mass is 16.5. The standard InChI is InChI=1S/C21H29N3O4/c1-21(20(26)22-15-7-4-3-5-8-15)14-23-16-9-12-28-18(16)13-17(23)19(25)24(21)10-6-11-27-2/h9,12-13,15H,3-8,10-11,14H2,1-2H3,(H,22,26)/t21-/m1/s1. The number of hydrogen-bond acceptors (Lipinski definition) is 4. The minimum atomic E-state index is -0.946. The molecule has 7 heteroatoms. The smallest absolute Gasteiger partial charge is 0.271 e. The van der Waals surface area contributed by atoms with E-state index >= 15 is 0 Å². The number of rotatable bonds is 6. The van der Waals surface area contributed by atoms with Crippen LogP contribution in [0.25, 0.3) is 11.1 Å². The maximum Gasteiger partial charge on any atom is 0.271 e. The second kappa shape index (κ2) is 7.62. The number of hydrogen-bond donors (Lipinski definition) is 1. The normalized spacial score (nSPS) is 23.2. The molecule has 1 fully saturated rings. The first-order valence-electron chi connectivity index (χ1n) is 10.2. The third kappa shape index (κ3) is 3.21. The molecule has 0 unspecified atom stereocenters. The molecule has 1 saturated carbocycles. The Bertz CT molecular complexity index is 864. The van der Waals surface area contributed by atoms with Crippen LogP contribution in [0, 0.1) is 0 Å². The fourth-order valence-electron chi connectivity index (χ4n) is 4.58. The topological polar surface area (TPSA) is 76.7 Å². The van der Waals surface area contributed by atoms with Crippen LogP contribution in [0.5, 0.6) is 0 Å². The number of aromatic nitrogens is 1. The molecule has 2 aromatic rings. The third-order valence-electron chi connectivity index (χ3n) is 6.21. The molecule has 1 atom stereocenters. The molecule has 0 bridgehead atoms. The van der Waals surface area contributed by atoms with Gasteiger partial charge in [0.1, 0.15) is 11.2 Å². The highest BCUT2D eigenvalue weighted by Crippen LogP contribution is 2.33. The number of methoxy groups -OCH3 is 1. The van der Waals surface area contributed by atoms with Gasteiger partial charge in [0.2, 0.25) is 5.91 Å². The monoisotopic (exact) mass is 387 g/mol. The van der Waals surface area contributed by atoms with Crippen LogP contribution >= 0.6 is 0 Å². The van der Waals surface area contributed by atoms with Crippen molar-refractivity contribution in [1.82, 2.24) is 14.8 Å². The van der Waals surface area contributed by atoms with E-state index in [9.17, 15) is 9.59 Å². The number of nitrogens with one attached hydrogen (secondary N) is 1. The lowest BCUT2D eigenvalue weighted by molar-refractivity contribution is -0.133. The Hall–Kier alpha value is -2.28. The Morgan fingerprint density at radius 1 is 1.36 bits per heavy atom. The molecule has 1 N–H and O–H groups in total. The maximum absolute atomic E-state index is 13.4. The molecular formula is C21H29N3O4. The van der Waals surface area contributed by atoms with Gasteiger partial charge < -0.3 is 23.9 Å². The number of fused-ring (bicyclic) bond motifs is 3. The number of furan rings is 1. The van der Waals surface area contributed by atoms with Crippen LogP contribution in [0.15, 0.2) is 22.8 Å². The lowest BCUT2D eigenvalue weighted by Crippen LogP contribution is -2.65. The van der Waals surface area contributed by atoms with E-state index in [0.717, 1.165) is 31.2 Å². The molecule has 0 aromatic carbocycles. The molecule has 1 aliphatic heterocycles. The van der Waals surface area contributed by atoms with Crippen molar-refractivity contribution in [3.63, 3.8) is 0 Å². The summed E-state index contributed by atoms with van der Waals surface area (Å²) in [5.41, 5.74) is 1.17. The van der Waals surface area contributed by atoms with Crippen LogP contribution < -0.4 is 5.32 Å². The minimum Gasteiger partial charge on any atom is -0.463 e. The molecule has 2 amide bonds. The van der Waals surface area contributed by atoms with Crippen LogP contribution in [0.3, 0.4) is 0 Å². The molecule has 3 heterocycles. The first-order valence-corrected chi connectivity index (χ1v) is 10.2. The van der Waals surface area contributed by atoms with E-state index < -0.39 is 5.54 Å². The highest BCUT2D eigenvalue weighted by molar-refractivity contribution is 6.02. The predicted octanol–water partition coefficient (Wildman–Crippen LogP) is 2.93. The van der Waals surface area contributed by atoms with Crippen LogP contribution in [0.4, 0.5) is 0 Å². The van der Waals surface area contributed by atoms with Gasteiger partial charge >= 0.3 is 0 Å². The van der Waals surface area contributed by atoms with Crippen LogP contribution in [0.1, 0.15) is 55.9 Å². The lowest BCUT2D eigenvalue weighted by Gasteiger charge is -2.44. The van der Waals surface area contributed by atoms with Gasteiger partial charge in [0.15, 0.2) is 5.58 Å². The largest absolute Gasteiger partial charge is 0.463 e. The summed E-state index contributed by atoms with van der Waals surface area (Å²) in [6.07, 6.45) is 7.86. The van der Waals surface area contributed by atoms with Crippen molar-refractivity contribution >= 4 is 22.9 Å². The van der Waals surface area contributed by atoms with Crippen molar-refractivity contribution in [3.05, 3.63) is 24.1 Å². The maximum atomic E-state index is 13.4. The third-order valence-corrected chi connectivity index (χ3v) is 6.21. The number of nitrogens with zero attached hydrogens (tertiary/aromatic N) is 2. The van der Waals surface area contributed by atoms with E-state index in [1.54, 1.807) is 24.3 Å².